The van der Waals surface area contributed by atoms with Crippen LogP contribution in [0.3, 0.4) is 0 Å². The topological polar surface area (TPSA) is 53.6 Å². The summed E-state index contributed by atoms with van der Waals surface area (Å²) in [5.74, 6) is 0.489. The van der Waals surface area contributed by atoms with E-state index in [1.165, 1.54) is 30.5 Å². The van der Waals surface area contributed by atoms with Gasteiger partial charge in [-0.1, -0.05) is 18.2 Å². The van der Waals surface area contributed by atoms with E-state index in [2.05, 4.69) is 39.5 Å². The first-order valence-electron chi connectivity index (χ1n) is 6.60. The molecular weight excluding hydrogens is 224 g/mol. The summed E-state index contributed by atoms with van der Waals surface area (Å²) in [5.41, 5.74) is 8.29. The number of nitrogens with one attached hydrogen (secondary N) is 1. The van der Waals surface area contributed by atoms with E-state index in [0.717, 1.165) is 19.6 Å². The van der Waals surface area contributed by atoms with E-state index in [1.54, 1.807) is 7.05 Å². The predicted molar refractivity (Wildman–Crippen MR) is 76.9 cm³/mol. The van der Waals surface area contributed by atoms with E-state index in [-0.39, 0.29) is 0 Å². The van der Waals surface area contributed by atoms with Gasteiger partial charge in [0.25, 0.3) is 0 Å². The first-order valence-corrected chi connectivity index (χ1v) is 6.60. The monoisotopic (exact) mass is 246 g/mol. The third kappa shape index (κ3) is 3.15. The first kappa shape index (κ1) is 12.7. The maximum absolute atomic E-state index is 5.67. The van der Waals surface area contributed by atoms with Gasteiger partial charge in [-0.3, -0.25) is 4.99 Å². The number of hydrogen-bond acceptors (Lipinski definition) is 2. The minimum atomic E-state index is 0.489. The summed E-state index contributed by atoms with van der Waals surface area (Å²) in [5, 5.41) is 3.13. The minimum absolute atomic E-state index is 0.489. The van der Waals surface area contributed by atoms with Crippen LogP contribution in [0.4, 0.5) is 5.69 Å². The van der Waals surface area contributed by atoms with E-state index < -0.39 is 0 Å². The highest BCUT2D eigenvalue weighted by molar-refractivity contribution is 5.77. The lowest BCUT2D eigenvalue weighted by molar-refractivity contribution is 0.576. The molecule has 0 amide bonds. The van der Waals surface area contributed by atoms with Gasteiger partial charge >= 0.3 is 0 Å². The third-order valence-electron chi connectivity index (χ3n) is 3.39. The van der Waals surface area contributed by atoms with Crippen molar-refractivity contribution in [1.29, 1.82) is 0 Å². The van der Waals surface area contributed by atoms with Crippen LogP contribution in [0.25, 0.3) is 0 Å². The zero-order chi connectivity index (χ0) is 12.8. The average molecular weight is 246 g/mol. The molecule has 0 saturated carbocycles. The van der Waals surface area contributed by atoms with Crippen LogP contribution in [0.2, 0.25) is 0 Å². The molecule has 98 valence electrons. The molecule has 0 bridgehead atoms. The van der Waals surface area contributed by atoms with Gasteiger partial charge in [0.15, 0.2) is 5.96 Å². The highest BCUT2D eigenvalue weighted by atomic mass is 15.1. The Morgan fingerprint density at radius 3 is 2.72 bits per heavy atom. The lowest BCUT2D eigenvalue weighted by Crippen LogP contribution is -2.33. The molecule has 1 heterocycles. The van der Waals surface area contributed by atoms with Crippen LogP contribution >= 0.6 is 0 Å². The number of rotatable bonds is 3. The van der Waals surface area contributed by atoms with Crippen molar-refractivity contribution in [2.24, 2.45) is 10.7 Å². The molecule has 1 aromatic carbocycles. The van der Waals surface area contributed by atoms with Crippen LogP contribution in [0.15, 0.2) is 29.3 Å². The standard InChI is InChI=1S/C14H22N4/c1-16-14(15)17-11-12-7-3-4-8-13(12)18-9-5-2-6-10-18/h3-4,7-8H,2,5-6,9-11H2,1H3,(H3,15,16,17). The van der Waals surface area contributed by atoms with E-state index in [4.69, 9.17) is 5.73 Å². The molecule has 3 N–H and O–H groups in total. The second kappa shape index (κ2) is 6.28. The Balaban J connectivity index is 2.09. The van der Waals surface area contributed by atoms with Crippen molar-refractivity contribution in [2.45, 2.75) is 25.8 Å². The van der Waals surface area contributed by atoms with Crippen LogP contribution in [-0.4, -0.2) is 26.1 Å². The van der Waals surface area contributed by atoms with E-state index in [0.29, 0.717) is 5.96 Å². The molecule has 18 heavy (non-hydrogen) atoms. The predicted octanol–water partition coefficient (Wildman–Crippen LogP) is 1.71. The second-order valence-electron chi connectivity index (χ2n) is 4.64. The average Bonchev–Trinajstić information content (AvgIpc) is 2.46. The van der Waals surface area contributed by atoms with Gasteiger partial charge in [-0.15, -0.1) is 0 Å². The van der Waals surface area contributed by atoms with Crippen LogP contribution < -0.4 is 16.0 Å². The Hall–Kier alpha value is -1.71. The van der Waals surface area contributed by atoms with E-state index in [9.17, 15) is 0 Å². The van der Waals surface area contributed by atoms with Crippen molar-refractivity contribution in [2.75, 3.05) is 25.0 Å². The largest absolute Gasteiger partial charge is 0.371 e. The smallest absolute Gasteiger partial charge is 0.188 e. The molecule has 4 nitrogen and oxygen atoms in total. The van der Waals surface area contributed by atoms with Crippen LogP contribution in [0.5, 0.6) is 0 Å². The van der Waals surface area contributed by atoms with Crippen molar-refractivity contribution < 1.29 is 0 Å². The van der Waals surface area contributed by atoms with Gasteiger partial charge in [-0.05, 0) is 30.9 Å². The Bertz CT molecular complexity index is 408. The van der Waals surface area contributed by atoms with Gasteiger partial charge in [0.2, 0.25) is 0 Å². The van der Waals surface area contributed by atoms with Crippen LogP contribution in [0.1, 0.15) is 24.8 Å². The lowest BCUT2D eigenvalue weighted by atomic mass is 10.1. The van der Waals surface area contributed by atoms with Crippen LogP contribution in [-0.2, 0) is 6.54 Å². The molecule has 1 saturated heterocycles. The summed E-state index contributed by atoms with van der Waals surface area (Å²) in [4.78, 5) is 6.39. The normalized spacial score (nSPS) is 16.7. The lowest BCUT2D eigenvalue weighted by Gasteiger charge is -2.30. The molecule has 0 aliphatic carbocycles. The maximum atomic E-state index is 5.67. The molecule has 0 atom stereocenters. The van der Waals surface area contributed by atoms with Crippen molar-refractivity contribution >= 4 is 11.6 Å². The molecule has 0 radical (unpaired) electrons. The number of nitrogens with zero attached hydrogens (tertiary/aromatic N) is 2. The maximum Gasteiger partial charge on any atom is 0.188 e. The van der Waals surface area contributed by atoms with E-state index in [1.807, 2.05) is 0 Å². The molecule has 1 aliphatic heterocycles. The number of para-hydroxylation sites is 1. The first-order chi connectivity index (χ1) is 8.81. The molecule has 4 heteroatoms. The van der Waals surface area contributed by atoms with Gasteiger partial charge in [-0.25, -0.2) is 0 Å². The number of hydrogen-bond donors (Lipinski definition) is 2. The highest BCUT2D eigenvalue weighted by Gasteiger charge is 2.13. The summed E-state index contributed by atoms with van der Waals surface area (Å²) < 4.78 is 0. The fourth-order valence-electron chi connectivity index (χ4n) is 2.37. The van der Waals surface area contributed by atoms with Crippen molar-refractivity contribution in [1.82, 2.24) is 5.32 Å². The fraction of sp³-hybridized carbons (Fsp3) is 0.500. The Morgan fingerprint density at radius 1 is 1.28 bits per heavy atom. The Kier molecular flexibility index (Phi) is 4.45. The quantitative estimate of drug-likeness (QED) is 0.630. The molecule has 2 rings (SSSR count). The highest BCUT2D eigenvalue weighted by Crippen LogP contribution is 2.23. The number of guanidine groups is 1. The van der Waals surface area contributed by atoms with Crippen molar-refractivity contribution in [3.8, 4) is 0 Å². The number of benzene rings is 1. The molecule has 1 aromatic rings. The van der Waals surface area contributed by atoms with Crippen LogP contribution in [0, 0.1) is 0 Å². The number of piperidine rings is 1. The van der Waals surface area contributed by atoms with E-state index >= 15 is 0 Å². The van der Waals surface area contributed by atoms with Gasteiger partial charge in [0.1, 0.15) is 0 Å². The molecule has 0 unspecified atom stereocenters. The number of nitrogens with two attached hydrogens (primary N) is 1. The minimum Gasteiger partial charge on any atom is -0.371 e. The van der Waals surface area contributed by atoms with Gasteiger partial charge in [0, 0.05) is 32.4 Å². The summed E-state index contributed by atoms with van der Waals surface area (Å²) >= 11 is 0. The molecule has 0 spiro atoms. The Morgan fingerprint density at radius 2 is 2.00 bits per heavy atom. The zero-order valence-electron chi connectivity index (χ0n) is 11.0. The SMILES string of the molecule is CN=C(N)NCc1ccccc1N1CCCCC1. The van der Waals surface area contributed by atoms with Crippen molar-refractivity contribution in [3.63, 3.8) is 0 Å². The molecule has 0 aromatic heterocycles. The van der Waals surface area contributed by atoms with Crippen molar-refractivity contribution in [3.05, 3.63) is 29.8 Å². The number of aliphatic imine (C=N–C) groups is 1. The zero-order valence-corrected chi connectivity index (χ0v) is 11.0. The fourth-order valence-corrected chi connectivity index (χ4v) is 2.37. The summed E-state index contributed by atoms with van der Waals surface area (Å²) in [6.07, 6.45) is 3.94. The molecular formula is C14H22N4. The summed E-state index contributed by atoms with van der Waals surface area (Å²) in [6.45, 7) is 3.05. The van der Waals surface area contributed by atoms with Gasteiger partial charge in [0.05, 0.1) is 0 Å². The summed E-state index contributed by atoms with van der Waals surface area (Å²) in [6, 6.07) is 8.52. The number of anilines is 1. The van der Waals surface area contributed by atoms with Gasteiger partial charge < -0.3 is 16.0 Å². The second-order valence-corrected chi connectivity index (χ2v) is 4.64. The molecule has 1 aliphatic rings. The Labute approximate surface area is 109 Å². The van der Waals surface area contributed by atoms with Gasteiger partial charge in [-0.2, -0.15) is 0 Å². The third-order valence-corrected chi connectivity index (χ3v) is 3.39. The summed E-state index contributed by atoms with van der Waals surface area (Å²) in [7, 11) is 1.69. The molecule has 1 fully saturated rings.